The minimum absolute atomic E-state index is 0.229. The number of benzene rings is 2. The number of hydrogen-bond acceptors (Lipinski definition) is 9. The normalized spacial score (nSPS) is 14.4. The van der Waals surface area contributed by atoms with Gasteiger partial charge in [0.05, 0.1) is 0 Å². The molecule has 1 aliphatic rings. The highest BCUT2D eigenvalue weighted by Crippen LogP contribution is 2.08. The summed E-state index contributed by atoms with van der Waals surface area (Å²) in [6, 6.07) is 17.4. The van der Waals surface area contributed by atoms with Crippen molar-refractivity contribution in [1.82, 2.24) is 16.0 Å². The van der Waals surface area contributed by atoms with Gasteiger partial charge in [0.25, 0.3) is 0 Å². The molecule has 42 heavy (non-hydrogen) atoms. The molecule has 13 heteroatoms. The first-order valence-electron chi connectivity index (χ1n) is 13.6. The SMILES string of the molecule is NC(CCCCNC(=O)OCc1ccccc1)C(=O)O.O=C(NCCCCC1NC(=O)OC1=O)OCc1ccccc1. The molecule has 1 saturated heterocycles. The van der Waals surface area contributed by atoms with Gasteiger partial charge >= 0.3 is 30.2 Å². The van der Waals surface area contributed by atoms with Gasteiger partial charge in [-0.2, -0.15) is 0 Å². The number of unbranched alkanes of at least 4 members (excludes halogenated alkanes) is 2. The predicted octanol–water partition coefficient (Wildman–Crippen LogP) is 3.21. The Kier molecular flexibility index (Phi) is 15.5. The van der Waals surface area contributed by atoms with Gasteiger partial charge in [-0.3, -0.25) is 4.79 Å². The number of amides is 3. The fourth-order valence-corrected chi connectivity index (χ4v) is 3.60. The Hall–Kier alpha value is -4.65. The Labute approximate surface area is 244 Å². The molecule has 0 aliphatic carbocycles. The van der Waals surface area contributed by atoms with Gasteiger partial charge in [0.15, 0.2) is 0 Å². The van der Waals surface area contributed by atoms with Crippen LogP contribution >= 0.6 is 0 Å². The zero-order chi connectivity index (χ0) is 30.6. The van der Waals surface area contributed by atoms with E-state index in [0.29, 0.717) is 51.6 Å². The Bertz CT molecular complexity index is 1130. The van der Waals surface area contributed by atoms with E-state index in [1.165, 1.54) is 0 Å². The summed E-state index contributed by atoms with van der Waals surface area (Å²) >= 11 is 0. The average Bonchev–Trinajstić information content (AvgIpc) is 3.32. The van der Waals surface area contributed by atoms with E-state index >= 15 is 0 Å². The predicted molar refractivity (Wildman–Crippen MR) is 151 cm³/mol. The summed E-state index contributed by atoms with van der Waals surface area (Å²) in [5.41, 5.74) is 7.21. The monoisotopic (exact) mass is 586 g/mol. The zero-order valence-corrected chi connectivity index (χ0v) is 23.3. The van der Waals surface area contributed by atoms with E-state index in [1.807, 2.05) is 60.7 Å². The van der Waals surface area contributed by atoms with Crippen molar-refractivity contribution >= 4 is 30.2 Å². The molecule has 1 fully saturated rings. The second-order valence-corrected chi connectivity index (χ2v) is 9.32. The molecule has 0 spiro atoms. The van der Waals surface area contributed by atoms with Crippen molar-refractivity contribution in [2.45, 2.75) is 63.8 Å². The van der Waals surface area contributed by atoms with Crippen LogP contribution in [0.15, 0.2) is 60.7 Å². The zero-order valence-electron chi connectivity index (χ0n) is 23.3. The molecule has 3 amide bonds. The molecule has 2 aromatic carbocycles. The lowest BCUT2D eigenvalue weighted by Crippen LogP contribution is -2.30. The Morgan fingerprint density at radius 1 is 0.833 bits per heavy atom. The number of carboxylic acid groups (broad SMARTS) is 1. The van der Waals surface area contributed by atoms with Gasteiger partial charge in [0.1, 0.15) is 25.3 Å². The largest absolute Gasteiger partial charge is 0.480 e. The fourth-order valence-electron chi connectivity index (χ4n) is 3.60. The molecular formula is C29H38N4O9. The van der Waals surface area contributed by atoms with E-state index in [1.54, 1.807) is 0 Å². The molecule has 3 rings (SSSR count). The highest BCUT2D eigenvalue weighted by Gasteiger charge is 2.31. The number of nitrogens with two attached hydrogens (primary N) is 1. The Morgan fingerprint density at radius 3 is 1.79 bits per heavy atom. The minimum Gasteiger partial charge on any atom is -0.480 e. The number of carboxylic acids is 1. The maximum atomic E-state index is 11.5. The molecule has 0 aromatic heterocycles. The van der Waals surface area contributed by atoms with Gasteiger partial charge < -0.3 is 41.0 Å². The first-order valence-corrected chi connectivity index (χ1v) is 13.6. The summed E-state index contributed by atoms with van der Waals surface area (Å²) in [4.78, 5) is 55.3. The third-order valence-corrected chi connectivity index (χ3v) is 5.91. The highest BCUT2D eigenvalue weighted by atomic mass is 16.6. The minimum atomic E-state index is -1.000. The van der Waals surface area contributed by atoms with Crippen molar-refractivity contribution in [3.63, 3.8) is 0 Å². The van der Waals surface area contributed by atoms with Crippen LogP contribution in [0.3, 0.4) is 0 Å². The van der Waals surface area contributed by atoms with Crippen LogP contribution in [-0.2, 0) is 37.0 Å². The fraction of sp³-hybridized carbons (Fsp3) is 0.414. The lowest BCUT2D eigenvalue weighted by molar-refractivity contribution is -0.139. The Morgan fingerprint density at radius 2 is 1.33 bits per heavy atom. The average molecular weight is 587 g/mol. The van der Waals surface area contributed by atoms with Crippen LogP contribution in [0.1, 0.15) is 49.7 Å². The smallest absolute Gasteiger partial charge is 0.415 e. The van der Waals surface area contributed by atoms with Gasteiger partial charge in [-0.05, 0) is 49.7 Å². The molecule has 2 aromatic rings. The quantitative estimate of drug-likeness (QED) is 0.0894. The molecule has 1 heterocycles. The van der Waals surface area contributed by atoms with Gasteiger partial charge in [0, 0.05) is 13.1 Å². The lowest BCUT2D eigenvalue weighted by atomic mass is 10.1. The number of carbonyl (C=O) groups excluding carboxylic acids is 4. The number of cyclic esters (lactones) is 2. The molecule has 2 atom stereocenters. The summed E-state index contributed by atoms with van der Waals surface area (Å²) in [6.45, 7) is 1.35. The van der Waals surface area contributed by atoms with Crippen molar-refractivity contribution in [1.29, 1.82) is 0 Å². The second-order valence-electron chi connectivity index (χ2n) is 9.32. The number of aliphatic carboxylic acids is 1. The summed E-state index contributed by atoms with van der Waals surface area (Å²) in [5.74, 6) is -1.54. The molecule has 1 aliphatic heterocycles. The molecule has 13 nitrogen and oxygen atoms in total. The first-order chi connectivity index (χ1) is 20.2. The second kappa shape index (κ2) is 19.4. The van der Waals surface area contributed by atoms with E-state index in [9.17, 15) is 24.0 Å². The van der Waals surface area contributed by atoms with Crippen molar-refractivity contribution in [2.75, 3.05) is 13.1 Å². The number of nitrogens with one attached hydrogen (secondary N) is 3. The van der Waals surface area contributed by atoms with E-state index in [0.717, 1.165) is 11.1 Å². The third-order valence-electron chi connectivity index (χ3n) is 5.91. The third kappa shape index (κ3) is 14.7. The molecule has 6 N–H and O–H groups in total. The van der Waals surface area contributed by atoms with Gasteiger partial charge in [-0.1, -0.05) is 60.7 Å². The maximum Gasteiger partial charge on any atom is 0.415 e. The van der Waals surface area contributed by atoms with E-state index < -0.39 is 42.3 Å². The van der Waals surface area contributed by atoms with Crippen molar-refractivity contribution in [2.24, 2.45) is 5.73 Å². The molecule has 0 radical (unpaired) electrons. The number of esters is 1. The van der Waals surface area contributed by atoms with Crippen molar-refractivity contribution in [3.05, 3.63) is 71.8 Å². The summed E-state index contributed by atoms with van der Waals surface area (Å²) in [5, 5.41) is 16.2. The maximum absolute atomic E-state index is 11.5. The highest BCUT2D eigenvalue weighted by molar-refractivity contribution is 5.95. The van der Waals surface area contributed by atoms with Gasteiger partial charge in [0.2, 0.25) is 0 Å². The van der Waals surface area contributed by atoms with E-state index in [4.69, 9.17) is 20.3 Å². The number of carbonyl (C=O) groups is 5. The van der Waals surface area contributed by atoms with Crippen molar-refractivity contribution < 1.29 is 43.3 Å². The molecule has 228 valence electrons. The number of hydrogen-bond donors (Lipinski definition) is 5. The lowest BCUT2D eigenvalue weighted by Gasteiger charge is -2.08. The first kappa shape index (κ1) is 33.6. The molecule has 2 unspecified atom stereocenters. The van der Waals surface area contributed by atoms with Crippen LogP contribution in [0.4, 0.5) is 14.4 Å². The van der Waals surface area contributed by atoms with Crippen LogP contribution in [0, 0.1) is 0 Å². The van der Waals surface area contributed by atoms with Crippen LogP contribution in [0.5, 0.6) is 0 Å². The standard InChI is InChI=1S/C15H18N2O5.C14H20N2O4/c18-13-12(17-15(20)22-13)8-4-5-9-16-14(19)21-10-11-6-2-1-3-7-11;15-12(13(17)18)8-4-5-9-16-14(19)20-10-11-6-2-1-3-7-11/h1-3,6-7,12H,4-5,8-10H2,(H,16,19)(H,17,20);1-3,6-7,12H,4-5,8-10,15H2,(H,16,19)(H,17,18). The summed E-state index contributed by atoms with van der Waals surface area (Å²) < 4.78 is 14.4. The van der Waals surface area contributed by atoms with Crippen molar-refractivity contribution in [3.8, 4) is 0 Å². The van der Waals surface area contributed by atoms with Crippen LogP contribution in [-0.4, -0.2) is 60.5 Å². The number of ether oxygens (including phenoxy) is 3. The van der Waals surface area contributed by atoms with Crippen LogP contribution in [0.2, 0.25) is 0 Å². The van der Waals surface area contributed by atoms with E-state index in [2.05, 4.69) is 20.7 Å². The number of alkyl carbamates (subject to hydrolysis) is 3. The molecule has 0 bridgehead atoms. The summed E-state index contributed by atoms with van der Waals surface area (Å²) in [7, 11) is 0. The van der Waals surface area contributed by atoms with Crippen LogP contribution < -0.4 is 21.7 Å². The van der Waals surface area contributed by atoms with Crippen LogP contribution in [0.25, 0.3) is 0 Å². The van der Waals surface area contributed by atoms with E-state index in [-0.39, 0.29) is 13.2 Å². The number of rotatable bonds is 15. The summed E-state index contributed by atoms with van der Waals surface area (Å²) in [6.07, 6.45) is 1.92. The topological polar surface area (TPSA) is 195 Å². The van der Waals surface area contributed by atoms with Gasteiger partial charge in [-0.25, -0.2) is 19.2 Å². The molecular weight excluding hydrogens is 548 g/mol. The van der Waals surface area contributed by atoms with Gasteiger partial charge in [-0.15, -0.1) is 0 Å². The molecule has 0 saturated carbocycles. The Balaban J connectivity index is 0.000000295.